The van der Waals surface area contributed by atoms with Gasteiger partial charge in [0.2, 0.25) is 6.29 Å². The van der Waals surface area contributed by atoms with Crippen molar-refractivity contribution in [1.29, 1.82) is 0 Å². The molecule has 18 heavy (non-hydrogen) atoms. The first-order valence-electron chi connectivity index (χ1n) is 5.93. The van der Waals surface area contributed by atoms with Gasteiger partial charge in [-0.25, -0.2) is 0 Å². The van der Waals surface area contributed by atoms with E-state index >= 15 is 0 Å². The second kappa shape index (κ2) is 6.44. The highest BCUT2D eigenvalue weighted by molar-refractivity contribution is 5.72. The van der Waals surface area contributed by atoms with Crippen molar-refractivity contribution in [3.8, 4) is 0 Å². The zero-order valence-corrected chi connectivity index (χ0v) is 10.4. The van der Waals surface area contributed by atoms with E-state index in [2.05, 4.69) is 0 Å². The van der Waals surface area contributed by atoms with Gasteiger partial charge in [-0.2, -0.15) is 0 Å². The van der Waals surface area contributed by atoms with Gasteiger partial charge in [0.1, 0.15) is 24.4 Å². The lowest BCUT2D eigenvalue weighted by molar-refractivity contribution is -0.293. The molecule has 0 aromatic heterocycles. The summed E-state index contributed by atoms with van der Waals surface area (Å²) in [7, 11) is 0. The van der Waals surface area contributed by atoms with Crippen LogP contribution in [0.3, 0.4) is 0 Å². The van der Waals surface area contributed by atoms with Crippen LogP contribution in [0.4, 0.5) is 0 Å². The van der Waals surface area contributed by atoms with E-state index in [1.165, 1.54) is 0 Å². The Kier molecular flexibility index (Phi) is 5.48. The molecule has 6 atom stereocenters. The van der Waals surface area contributed by atoms with Crippen molar-refractivity contribution in [2.45, 2.75) is 51.0 Å². The lowest BCUT2D eigenvalue weighted by Crippen LogP contribution is -2.59. The van der Waals surface area contributed by atoms with Crippen LogP contribution >= 0.6 is 0 Å². The smallest absolute Gasteiger partial charge is 0.311 e. The van der Waals surface area contributed by atoms with E-state index in [-0.39, 0.29) is 5.92 Å². The summed E-state index contributed by atoms with van der Waals surface area (Å²) in [5.74, 6) is -0.931. The molecule has 106 valence electrons. The average molecular weight is 264 g/mol. The lowest BCUT2D eigenvalue weighted by atomic mass is 9.99. The molecule has 0 saturated carbocycles. The van der Waals surface area contributed by atoms with Gasteiger partial charge < -0.3 is 29.9 Å². The molecule has 0 aromatic rings. The molecule has 7 nitrogen and oxygen atoms in total. The minimum absolute atomic E-state index is 0.364. The van der Waals surface area contributed by atoms with Crippen LogP contribution in [0.25, 0.3) is 0 Å². The van der Waals surface area contributed by atoms with Gasteiger partial charge in [0.25, 0.3) is 0 Å². The van der Waals surface area contributed by atoms with Crippen LogP contribution < -0.4 is 0 Å². The summed E-state index contributed by atoms with van der Waals surface area (Å²) >= 11 is 0. The highest BCUT2D eigenvalue weighted by Gasteiger charge is 2.45. The van der Waals surface area contributed by atoms with Crippen LogP contribution in [0, 0.1) is 5.92 Å². The number of aliphatic hydroxyl groups is 4. The van der Waals surface area contributed by atoms with Crippen LogP contribution in [0.15, 0.2) is 0 Å². The highest BCUT2D eigenvalue weighted by Crippen LogP contribution is 2.22. The number of aliphatic hydroxyl groups excluding tert-OH is 4. The topological polar surface area (TPSA) is 116 Å². The Hall–Kier alpha value is -0.730. The largest absolute Gasteiger partial charge is 0.433 e. The number of ether oxygens (including phenoxy) is 2. The van der Waals surface area contributed by atoms with Gasteiger partial charge in [0.15, 0.2) is 0 Å². The van der Waals surface area contributed by atoms with Gasteiger partial charge >= 0.3 is 5.97 Å². The van der Waals surface area contributed by atoms with Crippen molar-refractivity contribution in [3.63, 3.8) is 0 Å². The molecular formula is C11H20O7. The first-order valence-corrected chi connectivity index (χ1v) is 5.93. The van der Waals surface area contributed by atoms with Crippen molar-refractivity contribution in [2.24, 2.45) is 5.92 Å². The van der Waals surface area contributed by atoms with E-state index in [1.54, 1.807) is 13.8 Å². The molecule has 0 amide bonds. The van der Waals surface area contributed by atoms with Gasteiger partial charge in [-0.3, -0.25) is 4.79 Å². The van der Waals surface area contributed by atoms with Crippen molar-refractivity contribution < 1.29 is 34.7 Å². The fraction of sp³-hybridized carbons (Fsp3) is 0.909. The van der Waals surface area contributed by atoms with E-state index in [0.717, 1.165) is 0 Å². The van der Waals surface area contributed by atoms with Crippen LogP contribution in [0.1, 0.15) is 20.3 Å². The third kappa shape index (κ3) is 3.18. The Morgan fingerprint density at radius 3 is 2.39 bits per heavy atom. The molecule has 1 saturated heterocycles. The Labute approximate surface area is 105 Å². The van der Waals surface area contributed by atoms with Crippen LogP contribution in [0.5, 0.6) is 0 Å². The molecule has 0 aliphatic carbocycles. The Bertz CT molecular complexity index is 281. The highest BCUT2D eigenvalue weighted by atomic mass is 16.7. The molecule has 0 bridgehead atoms. The molecule has 7 heteroatoms. The summed E-state index contributed by atoms with van der Waals surface area (Å²) in [6.45, 7) is 2.91. The van der Waals surface area contributed by atoms with Gasteiger partial charge in [-0.15, -0.1) is 0 Å². The van der Waals surface area contributed by atoms with Crippen molar-refractivity contribution in [3.05, 3.63) is 0 Å². The summed E-state index contributed by atoms with van der Waals surface area (Å²) < 4.78 is 9.96. The van der Waals surface area contributed by atoms with Crippen LogP contribution in [0.2, 0.25) is 0 Å². The van der Waals surface area contributed by atoms with Crippen LogP contribution in [-0.4, -0.2) is 63.7 Å². The molecule has 1 rings (SSSR count). The quantitative estimate of drug-likeness (QED) is 0.451. The first-order chi connectivity index (χ1) is 8.42. The number of esters is 1. The monoisotopic (exact) mass is 264 g/mol. The standard InChI is InChI=1S/C11H20O7/c1-3-5(2)10(16)18-11-9(15)8(14)7(13)6(4-12)17-11/h5-9,11-15H,3-4H2,1-2H3/t5?,6-,7-,8+,9-,11?/m1/s1. The maximum Gasteiger partial charge on any atom is 0.311 e. The van der Waals surface area contributed by atoms with Crippen LogP contribution in [-0.2, 0) is 14.3 Å². The molecule has 0 spiro atoms. The third-order valence-corrected chi connectivity index (χ3v) is 3.10. The molecule has 4 N–H and O–H groups in total. The second-order valence-electron chi connectivity index (χ2n) is 4.44. The summed E-state index contributed by atoms with van der Waals surface area (Å²) in [6.07, 6.45) is -6.43. The number of hydrogen-bond acceptors (Lipinski definition) is 7. The van der Waals surface area contributed by atoms with E-state index in [4.69, 9.17) is 14.6 Å². The van der Waals surface area contributed by atoms with E-state index < -0.39 is 43.3 Å². The predicted octanol–water partition coefficient (Wildman–Crippen LogP) is -1.62. The zero-order valence-electron chi connectivity index (χ0n) is 10.4. The number of carbonyl (C=O) groups excluding carboxylic acids is 1. The van der Waals surface area contributed by atoms with E-state index in [9.17, 15) is 20.1 Å². The lowest BCUT2D eigenvalue weighted by Gasteiger charge is -2.39. The summed E-state index contributed by atoms with van der Waals surface area (Å²) in [5, 5.41) is 37.6. The van der Waals surface area contributed by atoms with Gasteiger partial charge in [-0.1, -0.05) is 13.8 Å². The fourth-order valence-electron chi connectivity index (χ4n) is 1.56. The van der Waals surface area contributed by atoms with Gasteiger partial charge in [0.05, 0.1) is 12.5 Å². The average Bonchev–Trinajstić information content (AvgIpc) is 2.38. The SMILES string of the molecule is CCC(C)C(=O)OC1O[C@H](CO)[C@@H](O)[C@H](O)[C@H]1O. The summed E-state index contributed by atoms with van der Waals surface area (Å²) in [6, 6.07) is 0. The second-order valence-corrected chi connectivity index (χ2v) is 4.44. The molecule has 1 aliphatic heterocycles. The molecule has 1 aliphatic rings. The Balaban J connectivity index is 2.67. The number of rotatable bonds is 4. The van der Waals surface area contributed by atoms with Gasteiger partial charge in [0, 0.05) is 0 Å². The zero-order chi connectivity index (χ0) is 13.9. The van der Waals surface area contributed by atoms with E-state index in [1.807, 2.05) is 0 Å². The third-order valence-electron chi connectivity index (χ3n) is 3.10. The Morgan fingerprint density at radius 1 is 1.28 bits per heavy atom. The minimum Gasteiger partial charge on any atom is -0.433 e. The first kappa shape index (κ1) is 15.3. The van der Waals surface area contributed by atoms with E-state index in [0.29, 0.717) is 6.42 Å². The summed E-state index contributed by atoms with van der Waals surface area (Å²) in [4.78, 5) is 11.6. The molecule has 2 unspecified atom stereocenters. The van der Waals surface area contributed by atoms with Gasteiger partial charge in [-0.05, 0) is 6.42 Å². The molecule has 1 heterocycles. The maximum atomic E-state index is 11.6. The van der Waals surface area contributed by atoms with Crippen molar-refractivity contribution in [1.82, 2.24) is 0 Å². The normalized spacial score (nSPS) is 38.2. The molecule has 0 radical (unpaired) electrons. The maximum absolute atomic E-state index is 11.6. The predicted molar refractivity (Wildman–Crippen MR) is 59.3 cm³/mol. The van der Waals surface area contributed by atoms with Crippen molar-refractivity contribution >= 4 is 5.97 Å². The molecule has 0 aromatic carbocycles. The number of hydrogen-bond donors (Lipinski definition) is 4. The molecular weight excluding hydrogens is 244 g/mol. The fourth-order valence-corrected chi connectivity index (χ4v) is 1.56. The number of carbonyl (C=O) groups is 1. The Morgan fingerprint density at radius 2 is 1.89 bits per heavy atom. The molecule has 1 fully saturated rings. The summed E-state index contributed by atoms with van der Waals surface area (Å²) in [5.41, 5.74) is 0. The minimum atomic E-state index is -1.55. The van der Waals surface area contributed by atoms with Crippen molar-refractivity contribution in [2.75, 3.05) is 6.61 Å².